The van der Waals surface area contributed by atoms with Gasteiger partial charge in [-0.15, -0.1) is 5.10 Å². The molecule has 6 heteroatoms. The van der Waals surface area contributed by atoms with Crippen LogP contribution in [0.15, 0.2) is 48.5 Å². The molecule has 0 unspecified atom stereocenters. The highest BCUT2D eigenvalue weighted by molar-refractivity contribution is 5.89. The van der Waals surface area contributed by atoms with Crippen LogP contribution in [0.1, 0.15) is 18.9 Å². The molecule has 23 heavy (non-hydrogen) atoms. The van der Waals surface area contributed by atoms with E-state index < -0.39 is 0 Å². The number of fused-ring (bicyclic) bond motifs is 1. The monoisotopic (exact) mass is 309 g/mol. The second-order valence-electron chi connectivity index (χ2n) is 5.18. The third-order valence-electron chi connectivity index (χ3n) is 3.45. The van der Waals surface area contributed by atoms with E-state index in [1.54, 1.807) is 4.52 Å². The summed E-state index contributed by atoms with van der Waals surface area (Å²) in [5.41, 5.74) is 1.84. The fourth-order valence-corrected chi connectivity index (χ4v) is 2.36. The number of hydrogen-bond donors (Lipinski definition) is 2. The Balaban J connectivity index is 1.66. The predicted molar refractivity (Wildman–Crippen MR) is 90.5 cm³/mol. The summed E-state index contributed by atoms with van der Waals surface area (Å²) in [5.74, 6) is 1.09. The number of nitrogens with one attached hydrogen (secondary N) is 2. The third-order valence-corrected chi connectivity index (χ3v) is 3.45. The minimum atomic E-state index is -0.0882. The SMILES string of the molecule is CCNc1cccc2nc(NC(=O)CCc3ccccc3)nn12. The molecular weight excluding hydrogens is 290 g/mol. The fraction of sp³-hybridized carbons (Fsp3) is 0.235. The Morgan fingerprint density at radius 3 is 2.74 bits per heavy atom. The van der Waals surface area contributed by atoms with Crippen LogP contribution >= 0.6 is 0 Å². The van der Waals surface area contributed by atoms with E-state index in [1.807, 2.05) is 55.5 Å². The van der Waals surface area contributed by atoms with Crippen molar-refractivity contribution in [3.8, 4) is 0 Å². The average molecular weight is 309 g/mol. The van der Waals surface area contributed by atoms with E-state index in [0.717, 1.165) is 17.9 Å². The largest absolute Gasteiger partial charge is 0.370 e. The first-order valence-corrected chi connectivity index (χ1v) is 7.69. The Morgan fingerprint density at radius 2 is 1.96 bits per heavy atom. The molecule has 0 bridgehead atoms. The summed E-state index contributed by atoms with van der Waals surface area (Å²) in [6.07, 6.45) is 1.10. The van der Waals surface area contributed by atoms with Crippen LogP contribution in [-0.4, -0.2) is 27.0 Å². The molecule has 1 aromatic carbocycles. The Labute approximate surface area is 134 Å². The van der Waals surface area contributed by atoms with E-state index in [4.69, 9.17) is 0 Å². The summed E-state index contributed by atoms with van der Waals surface area (Å²) in [6.45, 7) is 2.81. The lowest BCUT2D eigenvalue weighted by atomic mass is 10.1. The highest BCUT2D eigenvalue weighted by atomic mass is 16.1. The lowest BCUT2D eigenvalue weighted by Gasteiger charge is -2.03. The molecule has 118 valence electrons. The summed E-state index contributed by atoms with van der Waals surface area (Å²) in [5, 5.41) is 10.3. The van der Waals surface area contributed by atoms with Crippen LogP contribution in [0.25, 0.3) is 5.65 Å². The smallest absolute Gasteiger partial charge is 0.249 e. The first-order chi connectivity index (χ1) is 11.3. The number of nitrogens with zero attached hydrogens (tertiary/aromatic N) is 3. The van der Waals surface area contributed by atoms with Crippen LogP contribution in [0.5, 0.6) is 0 Å². The highest BCUT2D eigenvalue weighted by Gasteiger charge is 2.10. The van der Waals surface area contributed by atoms with Gasteiger partial charge in [0.15, 0.2) is 5.65 Å². The van der Waals surface area contributed by atoms with E-state index in [-0.39, 0.29) is 5.91 Å². The number of anilines is 2. The van der Waals surface area contributed by atoms with Crippen molar-refractivity contribution in [1.29, 1.82) is 0 Å². The Morgan fingerprint density at radius 1 is 1.13 bits per heavy atom. The zero-order valence-electron chi connectivity index (χ0n) is 13.0. The molecular formula is C17H19N5O. The Hall–Kier alpha value is -2.89. The van der Waals surface area contributed by atoms with Gasteiger partial charge < -0.3 is 5.32 Å². The standard InChI is InChI=1S/C17H19N5O/c1-2-18-14-9-6-10-15-19-17(21-22(14)15)20-16(23)12-11-13-7-4-3-5-8-13/h3-10,18H,2,11-12H2,1H3,(H,20,21,23). The number of benzene rings is 1. The van der Waals surface area contributed by atoms with Crippen LogP contribution < -0.4 is 10.6 Å². The van der Waals surface area contributed by atoms with Crippen molar-refractivity contribution in [3.63, 3.8) is 0 Å². The molecule has 2 aromatic heterocycles. The van der Waals surface area contributed by atoms with Gasteiger partial charge in [0, 0.05) is 13.0 Å². The first kappa shape index (κ1) is 15.0. The van der Waals surface area contributed by atoms with Crippen LogP contribution in [0.4, 0.5) is 11.8 Å². The number of carbonyl (C=O) groups excluding carboxylic acids is 1. The first-order valence-electron chi connectivity index (χ1n) is 7.69. The second kappa shape index (κ2) is 6.91. The van der Waals surface area contributed by atoms with Crippen molar-refractivity contribution in [2.24, 2.45) is 0 Å². The number of amides is 1. The molecule has 3 aromatic rings. The van der Waals surface area contributed by atoms with Crippen molar-refractivity contribution in [2.45, 2.75) is 19.8 Å². The molecule has 0 saturated heterocycles. The maximum Gasteiger partial charge on any atom is 0.249 e. The zero-order valence-corrected chi connectivity index (χ0v) is 13.0. The van der Waals surface area contributed by atoms with Gasteiger partial charge in [-0.1, -0.05) is 36.4 Å². The van der Waals surface area contributed by atoms with Crippen molar-refractivity contribution < 1.29 is 4.79 Å². The number of pyridine rings is 1. The van der Waals surface area contributed by atoms with Gasteiger partial charge in [0.2, 0.25) is 11.9 Å². The van der Waals surface area contributed by atoms with Gasteiger partial charge in [-0.2, -0.15) is 9.50 Å². The Bertz CT molecular complexity index is 797. The topological polar surface area (TPSA) is 71.3 Å². The van der Waals surface area contributed by atoms with Crippen LogP contribution in [0, 0.1) is 0 Å². The zero-order chi connectivity index (χ0) is 16.1. The van der Waals surface area contributed by atoms with Crippen molar-refractivity contribution in [2.75, 3.05) is 17.2 Å². The molecule has 0 fully saturated rings. The van der Waals surface area contributed by atoms with E-state index in [0.29, 0.717) is 24.4 Å². The molecule has 6 nitrogen and oxygen atoms in total. The average Bonchev–Trinajstić information content (AvgIpc) is 2.97. The minimum Gasteiger partial charge on any atom is -0.370 e. The van der Waals surface area contributed by atoms with Gasteiger partial charge in [-0.05, 0) is 31.0 Å². The quantitative estimate of drug-likeness (QED) is 0.734. The lowest BCUT2D eigenvalue weighted by Crippen LogP contribution is -2.13. The van der Waals surface area contributed by atoms with Gasteiger partial charge in [0.05, 0.1) is 0 Å². The van der Waals surface area contributed by atoms with Gasteiger partial charge in [-0.3, -0.25) is 10.1 Å². The summed E-state index contributed by atoms with van der Waals surface area (Å²) >= 11 is 0. The van der Waals surface area contributed by atoms with Crippen LogP contribution in [0.3, 0.4) is 0 Å². The lowest BCUT2D eigenvalue weighted by molar-refractivity contribution is -0.116. The second-order valence-corrected chi connectivity index (χ2v) is 5.18. The predicted octanol–water partition coefficient (Wildman–Crippen LogP) is 2.73. The summed E-state index contributed by atoms with van der Waals surface area (Å²) < 4.78 is 1.69. The minimum absolute atomic E-state index is 0.0882. The van der Waals surface area contributed by atoms with E-state index in [2.05, 4.69) is 20.7 Å². The number of carbonyl (C=O) groups is 1. The Kier molecular flexibility index (Phi) is 4.52. The number of aryl methyl sites for hydroxylation is 1. The van der Waals surface area contributed by atoms with E-state index in [1.165, 1.54) is 0 Å². The molecule has 0 saturated carbocycles. The van der Waals surface area contributed by atoms with Crippen LogP contribution in [0.2, 0.25) is 0 Å². The van der Waals surface area contributed by atoms with Crippen molar-refractivity contribution >= 4 is 23.3 Å². The van der Waals surface area contributed by atoms with Crippen LogP contribution in [-0.2, 0) is 11.2 Å². The summed E-state index contributed by atoms with van der Waals surface area (Å²) in [6, 6.07) is 15.6. The summed E-state index contributed by atoms with van der Waals surface area (Å²) in [7, 11) is 0. The molecule has 1 amide bonds. The van der Waals surface area contributed by atoms with E-state index in [9.17, 15) is 4.79 Å². The molecule has 0 atom stereocenters. The van der Waals surface area contributed by atoms with Crippen molar-refractivity contribution in [3.05, 3.63) is 54.1 Å². The fourth-order valence-electron chi connectivity index (χ4n) is 2.36. The van der Waals surface area contributed by atoms with Gasteiger partial charge >= 0.3 is 0 Å². The van der Waals surface area contributed by atoms with E-state index >= 15 is 0 Å². The molecule has 0 aliphatic heterocycles. The number of aromatic nitrogens is 3. The number of hydrogen-bond acceptors (Lipinski definition) is 4. The molecule has 2 heterocycles. The third kappa shape index (κ3) is 3.66. The van der Waals surface area contributed by atoms with Gasteiger partial charge in [0.1, 0.15) is 5.82 Å². The normalized spacial score (nSPS) is 10.7. The van der Waals surface area contributed by atoms with Crippen molar-refractivity contribution in [1.82, 2.24) is 14.6 Å². The molecule has 0 aliphatic rings. The highest BCUT2D eigenvalue weighted by Crippen LogP contribution is 2.13. The summed E-state index contributed by atoms with van der Waals surface area (Å²) in [4.78, 5) is 16.4. The molecule has 2 N–H and O–H groups in total. The molecule has 0 spiro atoms. The molecule has 0 aliphatic carbocycles. The maximum absolute atomic E-state index is 12.1. The maximum atomic E-state index is 12.1. The van der Waals surface area contributed by atoms with Gasteiger partial charge in [-0.25, -0.2) is 0 Å². The van der Waals surface area contributed by atoms with Gasteiger partial charge in [0.25, 0.3) is 0 Å². The molecule has 0 radical (unpaired) electrons. The molecule has 3 rings (SSSR count). The number of rotatable bonds is 6.